The molecule has 0 unspecified atom stereocenters. The highest BCUT2D eigenvalue weighted by Crippen LogP contribution is 2.55. The van der Waals surface area contributed by atoms with E-state index in [1.54, 1.807) is 0 Å². The van der Waals surface area contributed by atoms with Crippen molar-refractivity contribution in [2.45, 2.75) is 71.6 Å². The molecule has 0 atom stereocenters. The van der Waals surface area contributed by atoms with E-state index >= 15 is 0 Å². The van der Waals surface area contributed by atoms with E-state index in [1.807, 2.05) is 0 Å². The average molecular weight is 1010 g/mol. The molecule has 1 aliphatic rings. The number of nitrogens with zero attached hydrogens (tertiary/aromatic N) is 2. The summed E-state index contributed by atoms with van der Waals surface area (Å²) in [5, 5.41) is 11.4. The van der Waals surface area contributed by atoms with Gasteiger partial charge in [0.2, 0.25) is 0 Å². The van der Waals surface area contributed by atoms with Gasteiger partial charge in [-0.2, -0.15) is 0 Å². The molecule has 11 aromatic carbocycles. The van der Waals surface area contributed by atoms with Crippen molar-refractivity contribution >= 4 is 121 Å². The Hall–Kier alpha value is -9.06. The van der Waals surface area contributed by atoms with Gasteiger partial charge < -0.3 is 23.1 Å². The number of anilines is 6. The Kier molecular flexibility index (Phi) is 9.77. The summed E-state index contributed by atoms with van der Waals surface area (Å²) < 4.78 is 20.9. The van der Waals surface area contributed by atoms with Crippen LogP contribution in [-0.2, 0) is 16.2 Å². The van der Waals surface area contributed by atoms with Crippen LogP contribution >= 0.6 is 0 Å². The first-order valence-electron chi connectivity index (χ1n) is 27.3. The van der Waals surface area contributed by atoms with Crippen molar-refractivity contribution in [1.29, 1.82) is 0 Å². The minimum absolute atomic E-state index is 0.0731. The minimum atomic E-state index is -0.281. The fourth-order valence-corrected chi connectivity index (χ4v) is 13.1. The molecule has 0 fully saturated rings. The summed E-state index contributed by atoms with van der Waals surface area (Å²) in [6.45, 7) is 18.3. The molecular weight excluding hydrogens is 953 g/mol. The van der Waals surface area contributed by atoms with E-state index in [2.05, 4.69) is 271 Å². The van der Waals surface area contributed by atoms with Crippen LogP contribution in [0, 0.1) is 0 Å². The molecule has 378 valence electrons. The minimum Gasteiger partial charge on any atom is -0.455 e. The molecule has 5 nitrogen and oxygen atoms in total. The van der Waals surface area contributed by atoms with Gasteiger partial charge in [0.1, 0.15) is 22.3 Å². The normalized spacial score (nSPS) is 13.5. The van der Waals surface area contributed by atoms with Gasteiger partial charge in [0.25, 0.3) is 0 Å². The predicted octanol–water partition coefficient (Wildman–Crippen LogP) is 21.5. The Balaban J connectivity index is 0.828. The van der Waals surface area contributed by atoms with Gasteiger partial charge in [-0.25, -0.2) is 0 Å². The lowest BCUT2D eigenvalue weighted by Gasteiger charge is -2.27. The van der Waals surface area contributed by atoms with E-state index in [-0.39, 0.29) is 16.2 Å². The molecule has 3 heterocycles. The van der Waals surface area contributed by atoms with Crippen molar-refractivity contribution in [3.8, 4) is 11.1 Å². The first-order valence-corrected chi connectivity index (χ1v) is 27.3. The van der Waals surface area contributed by atoms with Crippen molar-refractivity contribution in [2.24, 2.45) is 0 Å². The Bertz CT molecular complexity index is 4790. The molecule has 1 aliphatic carbocycles. The maximum absolute atomic E-state index is 7.02. The first-order chi connectivity index (χ1) is 37.7. The second kappa shape index (κ2) is 16.5. The number of hydrogen-bond donors (Lipinski definition) is 0. The van der Waals surface area contributed by atoms with E-state index in [0.717, 1.165) is 111 Å². The quantitative estimate of drug-likeness (QED) is 0.166. The summed E-state index contributed by atoms with van der Waals surface area (Å²) >= 11 is 0. The van der Waals surface area contributed by atoms with Crippen LogP contribution in [0.3, 0.4) is 0 Å². The van der Waals surface area contributed by atoms with Gasteiger partial charge in [-0.05, 0) is 134 Å². The van der Waals surface area contributed by atoms with Gasteiger partial charge >= 0.3 is 0 Å². The number of hydrogen-bond acceptors (Lipinski definition) is 5. The first kappa shape index (κ1) is 46.3. The molecular formula is C73H58N2O3. The summed E-state index contributed by atoms with van der Waals surface area (Å²) in [6, 6.07) is 74.9. The maximum Gasteiger partial charge on any atom is 0.159 e. The van der Waals surface area contributed by atoms with Gasteiger partial charge in [-0.1, -0.05) is 177 Å². The molecule has 0 saturated heterocycles. The van der Waals surface area contributed by atoms with Crippen molar-refractivity contribution in [3.63, 3.8) is 0 Å². The van der Waals surface area contributed by atoms with Crippen LogP contribution < -0.4 is 9.80 Å². The molecule has 78 heavy (non-hydrogen) atoms. The highest BCUT2D eigenvalue weighted by molar-refractivity contribution is 6.18. The molecule has 0 saturated carbocycles. The van der Waals surface area contributed by atoms with Crippen LogP contribution in [0.4, 0.5) is 34.1 Å². The molecule has 0 bridgehead atoms. The summed E-state index contributed by atoms with van der Waals surface area (Å²) in [5.41, 5.74) is 18.8. The molecule has 0 aliphatic heterocycles. The Morgan fingerprint density at radius 1 is 0.333 bits per heavy atom. The molecule has 5 heteroatoms. The highest BCUT2D eigenvalue weighted by atomic mass is 16.3. The lowest BCUT2D eigenvalue weighted by atomic mass is 9.80. The van der Waals surface area contributed by atoms with Crippen molar-refractivity contribution in [3.05, 3.63) is 229 Å². The van der Waals surface area contributed by atoms with Crippen LogP contribution in [0.1, 0.15) is 77.6 Å². The Morgan fingerprint density at radius 2 is 0.795 bits per heavy atom. The number of fused-ring (bicyclic) bond motifs is 16. The predicted molar refractivity (Wildman–Crippen MR) is 328 cm³/mol. The monoisotopic (exact) mass is 1010 g/mol. The molecule has 3 aromatic heterocycles. The van der Waals surface area contributed by atoms with E-state index in [4.69, 9.17) is 13.3 Å². The average Bonchev–Trinajstić information content (AvgIpc) is 4.39. The number of benzene rings is 11. The van der Waals surface area contributed by atoms with Gasteiger partial charge in [-0.3, -0.25) is 0 Å². The molecule has 14 aromatic rings. The molecule has 0 radical (unpaired) electrons. The van der Waals surface area contributed by atoms with Gasteiger partial charge in [-0.15, -0.1) is 0 Å². The third-order valence-corrected chi connectivity index (χ3v) is 16.8. The third kappa shape index (κ3) is 6.80. The summed E-state index contributed by atoms with van der Waals surface area (Å²) in [6.07, 6.45) is 0. The topological polar surface area (TPSA) is 45.9 Å². The zero-order chi connectivity index (χ0) is 53.0. The lowest BCUT2D eigenvalue weighted by Crippen LogP contribution is -2.15. The zero-order valence-electron chi connectivity index (χ0n) is 45.2. The van der Waals surface area contributed by atoms with Crippen molar-refractivity contribution in [2.75, 3.05) is 9.80 Å². The van der Waals surface area contributed by atoms with Crippen molar-refractivity contribution < 1.29 is 13.3 Å². The molecule has 0 spiro atoms. The van der Waals surface area contributed by atoms with Gasteiger partial charge in [0.05, 0.1) is 11.4 Å². The van der Waals surface area contributed by atoms with Crippen LogP contribution in [0.15, 0.2) is 220 Å². The zero-order valence-corrected chi connectivity index (χ0v) is 45.2. The van der Waals surface area contributed by atoms with E-state index < -0.39 is 0 Å². The second-order valence-electron chi connectivity index (χ2n) is 24.1. The third-order valence-electron chi connectivity index (χ3n) is 16.8. The summed E-state index contributed by atoms with van der Waals surface area (Å²) in [5.74, 6) is 0. The molecule has 0 amide bonds. The highest BCUT2D eigenvalue weighted by Gasteiger charge is 2.38. The standard InChI is InChI=1S/C73H58N2O3/c1-71(2,3)59-27-15-23-52-54-25-17-29-62(69(54)77-67(52)59)74(45-19-11-9-12-20-45)47-33-37-49-43(39-47)31-35-51-57-42-64-58(41-61(57)73(7,8)65(49)51)56-36-32-44-40-48(34-38-50(44)66(56)76-64)75(46-21-13-10-14-22-46)63-30-18-26-55-53-24-16-28-60(72(4,5)6)68(53)78-70(55)63/h9-42H,1-8H3. The van der Waals surface area contributed by atoms with E-state index in [0.29, 0.717) is 0 Å². The van der Waals surface area contributed by atoms with Crippen LogP contribution in [0.25, 0.3) is 98.5 Å². The second-order valence-corrected chi connectivity index (χ2v) is 24.1. The SMILES string of the molecule is CC(C)(C)c1cccc2c1oc1c(N(c3ccccc3)c3ccc4c5c(ccc4c3)-c3cc4oc6c7ccc(N(c8ccccc8)c8cccc9c8oc8c(C(C)(C)C)cccc89)cc7ccc6c4cc3C5(C)C)cccc12. The van der Waals surface area contributed by atoms with Crippen LogP contribution in [0.2, 0.25) is 0 Å². The van der Waals surface area contributed by atoms with Crippen LogP contribution in [-0.4, -0.2) is 0 Å². The fourth-order valence-electron chi connectivity index (χ4n) is 13.1. The molecule has 0 N–H and O–H groups in total. The van der Waals surface area contributed by atoms with E-state index in [1.165, 1.54) is 44.2 Å². The maximum atomic E-state index is 7.02. The van der Waals surface area contributed by atoms with Gasteiger partial charge in [0, 0.05) is 77.0 Å². The largest absolute Gasteiger partial charge is 0.455 e. The van der Waals surface area contributed by atoms with Crippen LogP contribution in [0.5, 0.6) is 0 Å². The fraction of sp³-hybridized carbons (Fsp3) is 0.151. The summed E-state index contributed by atoms with van der Waals surface area (Å²) in [7, 11) is 0. The Morgan fingerprint density at radius 3 is 1.33 bits per heavy atom. The number of furan rings is 3. The van der Waals surface area contributed by atoms with Gasteiger partial charge in [0.15, 0.2) is 11.2 Å². The number of para-hydroxylation sites is 6. The van der Waals surface area contributed by atoms with E-state index in [9.17, 15) is 0 Å². The molecule has 15 rings (SSSR count). The number of rotatable bonds is 6. The lowest BCUT2D eigenvalue weighted by molar-refractivity contribution is 0.572. The van der Waals surface area contributed by atoms with Crippen molar-refractivity contribution in [1.82, 2.24) is 0 Å². The smallest absolute Gasteiger partial charge is 0.159 e. The summed E-state index contributed by atoms with van der Waals surface area (Å²) in [4.78, 5) is 4.67. The Labute approximate surface area is 453 Å².